The summed E-state index contributed by atoms with van der Waals surface area (Å²) in [5, 5.41) is 8.67. The molecule has 5 heteroatoms. The number of hydrogen-bond acceptors (Lipinski definition) is 4. The number of amides is 1. The van der Waals surface area contributed by atoms with Crippen LogP contribution < -0.4 is 4.74 Å². The Morgan fingerprint density at radius 2 is 1.85 bits per heavy atom. The Kier molecular flexibility index (Phi) is 5.82. The van der Waals surface area contributed by atoms with Crippen LogP contribution in [-0.4, -0.2) is 42.0 Å². The molecule has 0 aliphatic rings. The molecule has 0 atom stereocenters. The van der Waals surface area contributed by atoms with E-state index in [0.29, 0.717) is 12.3 Å². The van der Waals surface area contributed by atoms with Gasteiger partial charge in [-0.1, -0.05) is 12.1 Å². The van der Waals surface area contributed by atoms with Crippen LogP contribution in [0.15, 0.2) is 24.3 Å². The van der Waals surface area contributed by atoms with Crippen molar-refractivity contribution in [3.05, 3.63) is 29.8 Å². The van der Waals surface area contributed by atoms with Crippen LogP contribution in [0, 0.1) is 0 Å². The van der Waals surface area contributed by atoms with E-state index >= 15 is 0 Å². The van der Waals surface area contributed by atoms with Gasteiger partial charge in [0.25, 0.3) is 0 Å². The fourth-order valence-electron chi connectivity index (χ4n) is 1.53. The van der Waals surface area contributed by atoms with Gasteiger partial charge in [-0.25, -0.2) is 4.79 Å². The zero-order valence-electron chi connectivity index (χ0n) is 12.5. The average molecular weight is 281 g/mol. The lowest BCUT2D eigenvalue weighted by atomic mass is 10.2. The Morgan fingerprint density at radius 3 is 2.35 bits per heavy atom. The largest absolute Gasteiger partial charge is 0.491 e. The van der Waals surface area contributed by atoms with Crippen molar-refractivity contribution in [2.24, 2.45) is 0 Å². The molecule has 1 amide bonds. The van der Waals surface area contributed by atoms with E-state index in [1.807, 2.05) is 45.0 Å². The fourth-order valence-corrected chi connectivity index (χ4v) is 1.53. The van der Waals surface area contributed by atoms with Gasteiger partial charge in [0, 0.05) is 13.6 Å². The third kappa shape index (κ3) is 5.93. The van der Waals surface area contributed by atoms with E-state index in [2.05, 4.69) is 0 Å². The van der Waals surface area contributed by atoms with Crippen LogP contribution in [0.4, 0.5) is 4.79 Å². The summed E-state index contributed by atoms with van der Waals surface area (Å²) in [6.07, 6.45) is -0.349. The van der Waals surface area contributed by atoms with Gasteiger partial charge in [-0.3, -0.25) is 0 Å². The van der Waals surface area contributed by atoms with Crippen molar-refractivity contribution in [1.82, 2.24) is 4.90 Å². The van der Waals surface area contributed by atoms with Crippen LogP contribution in [0.1, 0.15) is 26.3 Å². The van der Waals surface area contributed by atoms with Crippen LogP contribution in [0.25, 0.3) is 0 Å². The molecule has 1 rings (SSSR count). The molecule has 0 saturated carbocycles. The number of hydrogen-bond donors (Lipinski definition) is 1. The van der Waals surface area contributed by atoms with E-state index in [-0.39, 0.29) is 19.3 Å². The molecule has 5 nitrogen and oxygen atoms in total. The van der Waals surface area contributed by atoms with E-state index in [1.165, 1.54) is 4.90 Å². The number of aliphatic hydroxyl groups excluding tert-OH is 1. The van der Waals surface area contributed by atoms with Crippen molar-refractivity contribution in [2.75, 3.05) is 20.3 Å². The number of carbonyl (C=O) groups excluding carboxylic acids is 1. The third-order valence-electron chi connectivity index (χ3n) is 2.41. The van der Waals surface area contributed by atoms with Gasteiger partial charge in [0.05, 0.1) is 6.61 Å². The second-order valence-electron chi connectivity index (χ2n) is 5.55. The minimum atomic E-state index is -0.493. The van der Waals surface area contributed by atoms with E-state index in [0.717, 1.165) is 5.56 Å². The number of rotatable bonds is 5. The van der Waals surface area contributed by atoms with Gasteiger partial charge in [-0.15, -0.1) is 0 Å². The highest BCUT2D eigenvalue weighted by atomic mass is 16.6. The number of ether oxygens (including phenoxy) is 2. The zero-order chi connectivity index (χ0) is 15.2. The first-order chi connectivity index (χ1) is 9.31. The molecule has 1 aromatic carbocycles. The molecular formula is C15H23NO4. The maximum absolute atomic E-state index is 11.8. The Balaban J connectivity index is 2.53. The monoisotopic (exact) mass is 281 g/mol. The first-order valence-electron chi connectivity index (χ1n) is 6.58. The molecule has 0 aromatic heterocycles. The van der Waals surface area contributed by atoms with Crippen molar-refractivity contribution < 1.29 is 19.4 Å². The first kappa shape index (κ1) is 16.3. The summed E-state index contributed by atoms with van der Waals surface area (Å²) in [4.78, 5) is 13.3. The molecule has 0 bridgehead atoms. The summed E-state index contributed by atoms with van der Waals surface area (Å²) in [5.41, 5.74) is 0.488. The molecular weight excluding hydrogens is 258 g/mol. The van der Waals surface area contributed by atoms with Gasteiger partial charge >= 0.3 is 6.09 Å². The lowest BCUT2D eigenvalue weighted by Crippen LogP contribution is -2.33. The molecule has 20 heavy (non-hydrogen) atoms. The normalized spacial score (nSPS) is 11.1. The Hall–Kier alpha value is -1.75. The first-order valence-corrected chi connectivity index (χ1v) is 6.58. The molecule has 1 aromatic rings. The summed E-state index contributed by atoms with van der Waals surface area (Å²) in [7, 11) is 1.70. The third-order valence-corrected chi connectivity index (χ3v) is 2.41. The molecule has 0 unspecified atom stereocenters. The number of benzene rings is 1. The standard InChI is InChI=1S/C15H23NO4/c1-15(2,3)20-14(18)16(4)11-12-5-7-13(8-6-12)19-10-9-17/h5-8,17H,9-11H2,1-4H3. The number of carbonyl (C=O) groups is 1. The zero-order valence-corrected chi connectivity index (χ0v) is 12.5. The predicted octanol–water partition coefficient (Wildman–Crippen LogP) is 2.42. The lowest BCUT2D eigenvalue weighted by Gasteiger charge is -2.24. The highest BCUT2D eigenvalue weighted by molar-refractivity contribution is 5.67. The van der Waals surface area contributed by atoms with Gasteiger partial charge in [0.1, 0.15) is 18.0 Å². The van der Waals surface area contributed by atoms with Crippen LogP contribution in [0.5, 0.6) is 5.75 Å². The van der Waals surface area contributed by atoms with Crippen LogP contribution >= 0.6 is 0 Å². The molecule has 0 aliphatic heterocycles. The maximum atomic E-state index is 11.8. The highest BCUT2D eigenvalue weighted by Gasteiger charge is 2.19. The summed E-state index contributed by atoms with van der Waals surface area (Å²) >= 11 is 0. The Bertz CT molecular complexity index is 422. The molecule has 0 fully saturated rings. The van der Waals surface area contributed by atoms with Gasteiger partial charge in [0.15, 0.2) is 0 Å². The van der Waals surface area contributed by atoms with Crippen LogP contribution in [0.2, 0.25) is 0 Å². The molecule has 112 valence electrons. The van der Waals surface area contributed by atoms with Gasteiger partial charge in [-0.2, -0.15) is 0 Å². The number of aliphatic hydroxyl groups is 1. The summed E-state index contributed by atoms with van der Waals surface area (Å²) < 4.78 is 10.6. The lowest BCUT2D eigenvalue weighted by molar-refractivity contribution is 0.0285. The van der Waals surface area contributed by atoms with Gasteiger partial charge < -0.3 is 19.5 Å². The second kappa shape index (κ2) is 7.14. The van der Waals surface area contributed by atoms with Crippen molar-refractivity contribution in [1.29, 1.82) is 0 Å². The van der Waals surface area contributed by atoms with Crippen molar-refractivity contribution in [2.45, 2.75) is 32.9 Å². The average Bonchev–Trinajstić information content (AvgIpc) is 2.36. The maximum Gasteiger partial charge on any atom is 0.410 e. The fraction of sp³-hybridized carbons (Fsp3) is 0.533. The number of nitrogens with zero attached hydrogens (tertiary/aromatic N) is 1. The van der Waals surface area contributed by atoms with E-state index in [1.54, 1.807) is 7.05 Å². The molecule has 0 aliphatic carbocycles. The SMILES string of the molecule is CN(Cc1ccc(OCCO)cc1)C(=O)OC(C)(C)C. The summed E-state index contributed by atoms with van der Waals surface area (Å²) in [6, 6.07) is 7.39. The van der Waals surface area contributed by atoms with Crippen molar-refractivity contribution in [3.8, 4) is 5.75 Å². The second-order valence-corrected chi connectivity index (χ2v) is 5.55. The van der Waals surface area contributed by atoms with E-state index in [4.69, 9.17) is 14.6 Å². The van der Waals surface area contributed by atoms with E-state index in [9.17, 15) is 4.79 Å². The smallest absolute Gasteiger partial charge is 0.410 e. The van der Waals surface area contributed by atoms with Crippen LogP contribution in [-0.2, 0) is 11.3 Å². The van der Waals surface area contributed by atoms with Crippen molar-refractivity contribution >= 4 is 6.09 Å². The van der Waals surface area contributed by atoms with Gasteiger partial charge in [-0.05, 0) is 38.5 Å². The minimum absolute atomic E-state index is 0.0108. The predicted molar refractivity (Wildman–Crippen MR) is 76.7 cm³/mol. The Labute approximate surface area is 120 Å². The Morgan fingerprint density at radius 1 is 1.25 bits per heavy atom. The highest BCUT2D eigenvalue weighted by Crippen LogP contribution is 2.15. The van der Waals surface area contributed by atoms with Gasteiger partial charge in [0.2, 0.25) is 0 Å². The van der Waals surface area contributed by atoms with E-state index < -0.39 is 5.60 Å². The van der Waals surface area contributed by atoms with Crippen molar-refractivity contribution in [3.63, 3.8) is 0 Å². The minimum Gasteiger partial charge on any atom is -0.491 e. The molecule has 0 saturated heterocycles. The summed E-state index contributed by atoms with van der Waals surface area (Å²) in [5.74, 6) is 0.697. The molecule has 0 radical (unpaired) electrons. The van der Waals surface area contributed by atoms with Crippen LogP contribution in [0.3, 0.4) is 0 Å². The quantitative estimate of drug-likeness (QED) is 0.900. The molecule has 1 N–H and O–H groups in total. The molecule has 0 spiro atoms. The summed E-state index contributed by atoms with van der Waals surface area (Å²) in [6.45, 7) is 6.25. The molecule has 0 heterocycles. The topological polar surface area (TPSA) is 59.0 Å².